The van der Waals surface area contributed by atoms with E-state index < -0.39 is 0 Å². The summed E-state index contributed by atoms with van der Waals surface area (Å²) in [6.07, 6.45) is 2.94. The minimum absolute atomic E-state index is 0.509. The summed E-state index contributed by atoms with van der Waals surface area (Å²) in [4.78, 5) is 8.81. The number of nitrogens with zero attached hydrogens (tertiary/aromatic N) is 4. The van der Waals surface area contributed by atoms with Gasteiger partial charge in [0.05, 0.1) is 0 Å². The van der Waals surface area contributed by atoms with Crippen molar-refractivity contribution in [2.45, 2.75) is 13.0 Å². The van der Waals surface area contributed by atoms with Crippen molar-refractivity contribution in [2.24, 2.45) is 0 Å². The van der Waals surface area contributed by atoms with E-state index in [1.165, 1.54) is 18.5 Å². The van der Waals surface area contributed by atoms with Gasteiger partial charge in [0.1, 0.15) is 11.8 Å². The van der Waals surface area contributed by atoms with Crippen molar-refractivity contribution in [3.8, 4) is 6.07 Å². The molecular formula is C13H18N4. The number of aromatic nitrogens is 1. The fourth-order valence-corrected chi connectivity index (χ4v) is 2.15. The van der Waals surface area contributed by atoms with Gasteiger partial charge >= 0.3 is 0 Å². The second-order valence-corrected chi connectivity index (χ2v) is 4.59. The van der Waals surface area contributed by atoms with Gasteiger partial charge in [0.15, 0.2) is 0 Å². The smallest absolute Gasteiger partial charge is 0.140 e. The molecule has 0 aromatic carbocycles. The van der Waals surface area contributed by atoms with Crippen LogP contribution in [-0.2, 0) is 6.54 Å². The zero-order valence-corrected chi connectivity index (χ0v) is 10.3. The predicted octanol–water partition coefficient (Wildman–Crippen LogP) is 1.09. The van der Waals surface area contributed by atoms with Gasteiger partial charge in [-0.3, -0.25) is 4.90 Å². The molecule has 4 heteroatoms. The second kappa shape index (κ2) is 5.76. The van der Waals surface area contributed by atoms with Crippen molar-refractivity contribution in [1.29, 1.82) is 5.26 Å². The molecular weight excluding hydrogens is 212 g/mol. The van der Waals surface area contributed by atoms with E-state index in [0.29, 0.717) is 5.69 Å². The molecule has 2 rings (SSSR count). The van der Waals surface area contributed by atoms with Crippen molar-refractivity contribution in [3.05, 3.63) is 29.6 Å². The maximum Gasteiger partial charge on any atom is 0.140 e. The molecule has 0 bridgehead atoms. The van der Waals surface area contributed by atoms with Crippen LogP contribution in [0.2, 0.25) is 0 Å². The first-order chi connectivity index (χ1) is 8.28. The molecule has 4 nitrogen and oxygen atoms in total. The first-order valence-corrected chi connectivity index (χ1v) is 6.04. The highest BCUT2D eigenvalue weighted by atomic mass is 15.2. The third-order valence-electron chi connectivity index (χ3n) is 3.16. The molecule has 90 valence electrons. The van der Waals surface area contributed by atoms with Gasteiger partial charge < -0.3 is 4.90 Å². The lowest BCUT2D eigenvalue weighted by molar-refractivity contribution is 0.269. The Morgan fingerprint density at radius 1 is 1.35 bits per heavy atom. The zero-order valence-electron chi connectivity index (χ0n) is 10.3. The van der Waals surface area contributed by atoms with Crippen molar-refractivity contribution in [1.82, 2.24) is 14.8 Å². The Balaban J connectivity index is 1.97. The third kappa shape index (κ3) is 3.52. The summed E-state index contributed by atoms with van der Waals surface area (Å²) < 4.78 is 0. The second-order valence-electron chi connectivity index (χ2n) is 4.59. The molecule has 0 N–H and O–H groups in total. The molecule has 0 radical (unpaired) electrons. The summed E-state index contributed by atoms with van der Waals surface area (Å²) in [7, 11) is 2.17. The van der Waals surface area contributed by atoms with Gasteiger partial charge in [-0.1, -0.05) is 0 Å². The Morgan fingerprint density at radius 2 is 2.24 bits per heavy atom. The number of pyridine rings is 1. The van der Waals surface area contributed by atoms with Crippen LogP contribution in [0, 0.1) is 11.3 Å². The summed E-state index contributed by atoms with van der Waals surface area (Å²) in [5.74, 6) is 0. The fraction of sp³-hybridized carbons (Fsp3) is 0.538. The van der Waals surface area contributed by atoms with Crippen molar-refractivity contribution in [2.75, 3.05) is 33.2 Å². The molecule has 0 aliphatic carbocycles. The Labute approximate surface area is 102 Å². The minimum atomic E-state index is 0.509. The van der Waals surface area contributed by atoms with E-state index in [1.807, 2.05) is 12.1 Å². The van der Waals surface area contributed by atoms with E-state index in [1.54, 1.807) is 6.20 Å². The Bertz CT molecular complexity index is 410. The van der Waals surface area contributed by atoms with Gasteiger partial charge in [-0.15, -0.1) is 0 Å². The Kier molecular flexibility index (Phi) is 4.08. The molecule has 0 amide bonds. The quantitative estimate of drug-likeness (QED) is 0.763. The van der Waals surface area contributed by atoms with Crippen LogP contribution in [-0.4, -0.2) is 48.0 Å². The van der Waals surface area contributed by atoms with Crippen molar-refractivity contribution in [3.63, 3.8) is 0 Å². The number of hydrogen-bond acceptors (Lipinski definition) is 4. The summed E-state index contributed by atoms with van der Waals surface area (Å²) in [5.41, 5.74) is 1.69. The molecule has 1 aromatic heterocycles. The zero-order chi connectivity index (χ0) is 12.1. The summed E-state index contributed by atoms with van der Waals surface area (Å²) in [6.45, 7) is 5.45. The Morgan fingerprint density at radius 3 is 3.06 bits per heavy atom. The van der Waals surface area contributed by atoms with Crippen LogP contribution < -0.4 is 0 Å². The lowest BCUT2D eigenvalue weighted by Gasteiger charge is -2.19. The van der Waals surface area contributed by atoms with Crippen LogP contribution >= 0.6 is 0 Å². The van der Waals surface area contributed by atoms with Crippen molar-refractivity contribution < 1.29 is 0 Å². The first kappa shape index (κ1) is 12.0. The lowest BCUT2D eigenvalue weighted by Crippen LogP contribution is -2.28. The summed E-state index contributed by atoms with van der Waals surface area (Å²) >= 11 is 0. The molecule has 1 aliphatic heterocycles. The van der Waals surface area contributed by atoms with E-state index in [9.17, 15) is 0 Å². The highest BCUT2D eigenvalue weighted by molar-refractivity contribution is 5.25. The van der Waals surface area contributed by atoms with Gasteiger partial charge in [-0.2, -0.15) is 5.26 Å². The van der Waals surface area contributed by atoms with Crippen LogP contribution in [0.5, 0.6) is 0 Å². The molecule has 2 heterocycles. The van der Waals surface area contributed by atoms with Gasteiger partial charge in [0, 0.05) is 25.8 Å². The van der Waals surface area contributed by atoms with Crippen LogP contribution in [0.4, 0.5) is 0 Å². The minimum Gasteiger partial charge on any atom is -0.305 e. The molecule has 1 saturated heterocycles. The predicted molar refractivity (Wildman–Crippen MR) is 66.3 cm³/mol. The normalized spacial score (nSPS) is 18.6. The molecule has 0 unspecified atom stereocenters. The maximum absolute atomic E-state index is 8.81. The topological polar surface area (TPSA) is 43.2 Å². The van der Waals surface area contributed by atoms with E-state index in [2.05, 4.69) is 27.9 Å². The largest absolute Gasteiger partial charge is 0.305 e. The molecule has 0 saturated carbocycles. The lowest BCUT2D eigenvalue weighted by atomic mass is 10.2. The van der Waals surface area contributed by atoms with E-state index in [-0.39, 0.29) is 0 Å². The third-order valence-corrected chi connectivity index (χ3v) is 3.16. The van der Waals surface area contributed by atoms with Crippen LogP contribution in [0.1, 0.15) is 17.7 Å². The highest BCUT2D eigenvalue weighted by Gasteiger charge is 2.12. The number of nitriles is 1. The number of likely N-dealkylation sites (N-methyl/N-ethyl adjacent to an activating group) is 1. The number of rotatable bonds is 2. The van der Waals surface area contributed by atoms with Crippen LogP contribution in [0.25, 0.3) is 0 Å². The molecule has 0 atom stereocenters. The highest BCUT2D eigenvalue weighted by Crippen LogP contribution is 2.08. The van der Waals surface area contributed by atoms with E-state index in [4.69, 9.17) is 5.26 Å². The number of hydrogen-bond donors (Lipinski definition) is 0. The summed E-state index contributed by atoms with van der Waals surface area (Å²) in [6, 6.07) is 5.97. The summed E-state index contributed by atoms with van der Waals surface area (Å²) in [5, 5.41) is 8.81. The fourth-order valence-electron chi connectivity index (χ4n) is 2.15. The van der Waals surface area contributed by atoms with Crippen LogP contribution in [0.3, 0.4) is 0 Å². The van der Waals surface area contributed by atoms with E-state index in [0.717, 1.165) is 26.2 Å². The average molecular weight is 230 g/mol. The van der Waals surface area contributed by atoms with Crippen LogP contribution in [0.15, 0.2) is 18.3 Å². The molecule has 1 aliphatic rings. The standard InChI is InChI=1S/C13H18N4/c1-16-5-2-6-17(8-7-16)11-12-3-4-15-13(9-12)10-14/h3-4,9H,2,5-8,11H2,1H3. The monoisotopic (exact) mass is 230 g/mol. The van der Waals surface area contributed by atoms with Gasteiger partial charge in [-0.25, -0.2) is 4.98 Å². The molecule has 0 spiro atoms. The van der Waals surface area contributed by atoms with Gasteiger partial charge in [0.2, 0.25) is 0 Å². The molecule has 17 heavy (non-hydrogen) atoms. The molecule has 1 aromatic rings. The Hall–Kier alpha value is -1.44. The van der Waals surface area contributed by atoms with Crippen molar-refractivity contribution >= 4 is 0 Å². The van der Waals surface area contributed by atoms with Gasteiger partial charge in [0.25, 0.3) is 0 Å². The SMILES string of the molecule is CN1CCCN(Cc2ccnc(C#N)c2)CC1. The van der Waals surface area contributed by atoms with E-state index >= 15 is 0 Å². The average Bonchev–Trinajstić information content (AvgIpc) is 2.55. The maximum atomic E-state index is 8.81. The van der Waals surface area contributed by atoms with Gasteiger partial charge in [-0.05, 0) is 44.3 Å². The molecule has 1 fully saturated rings. The first-order valence-electron chi connectivity index (χ1n) is 6.04.